The van der Waals surface area contributed by atoms with Crippen LogP contribution in [-0.2, 0) is 71.0 Å². The molecule has 4 aromatic carbocycles. The quantitative estimate of drug-likeness (QED) is 0.0106. The van der Waals surface area contributed by atoms with Crippen LogP contribution in [0.1, 0.15) is 38.2 Å². The second-order valence-electron chi connectivity index (χ2n) is 23.3. The predicted molar refractivity (Wildman–Crippen MR) is 365 cm³/mol. The zero-order valence-corrected chi connectivity index (χ0v) is 54.1. The molecule has 21 N–H and O–H groups in total. The standard InChI is InChI=1S/C63H71FN22O16/c1-31(87)72-41(17-9-24-71-59(68)69)49(90)75-43(27-83-25-22-47(88)82-60(83)99)51(92)74-42(26-32-18-20-33(64)21-19-32)50(91)76-45(29-85-56(97)35-11-3-6-14-38(35)80-62(85)101)53(94)78-46(30-86-57(98)36-12-4-7-15-39(36)81-63(86)102)54(95)77-44(52(93)73-40(48(65)89)16-8-23-70-58(66)67)28-84-55(96)34-10-2-5-13-37(34)79-61(84)100/h2-7,10-15,18-22,25,40-46H,8-9,16-17,23-24,26-30H2,1H3,(H2,65,89)(H,72,87)(H,73,93)(H,74,92)(H,75,90)(H,76,91)(H,77,95)(H,78,94)(H,79,100)(H,80,101)(H,81,102)(H4,66,67,70)(H4,68,69,71)(H,82,88,99)/t40-,41-,42-,43+,44+,45+,46+/m0/s1. The van der Waals surface area contributed by atoms with Crippen LogP contribution in [0.4, 0.5) is 4.39 Å². The lowest BCUT2D eigenvalue weighted by Gasteiger charge is -2.28. The van der Waals surface area contributed by atoms with Crippen LogP contribution >= 0.6 is 0 Å². The van der Waals surface area contributed by atoms with E-state index in [4.69, 9.17) is 28.0 Å². The first-order valence-electron chi connectivity index (χ1n) is 31.3. The minimum Gasteiger partial charge on any atom is -0.370 e. The van der Waals surface area contributed by atoms with Gasteiger partial charge in [-0.15, -0.1) is 0 Å². The smallest absolute Gasteiger partial charge is 0.328 e. The highest BCUT2D eigenvalue weighted by Gasteiger charge is 2.37. The van der Waals surface area contributed by atoms with Crippen molar-refractivity contribution in [3.8, 4) is 0 Å². The third kappa shape index (κ3) is 19.5. The van der Waals surface area contributed by atoms with Crippen molar-refractivity contribution in [2.24, 2.45) is 17.2 Å². The first kappa shape index (κ1) is 74.4. The highest BCUT2D eigenvalue weighted by molar-refractivity contribution is 5.98. The number of para-hydroxylation sites is 3. The Hall–Kier alpha value is -13.4. The molecular weight excluding hydrogens is 1340 g/mol. The van der Waals surface area contributed by atoms with E-state index >= 15 is 14.4 Å². The number of halogens is 1. The summed E-state index contributed by atoms with van der Waals surface area (Å²) >= 11 is 0. The number of nitrogens with one attached hydrogen (secondary N) is 15. The van der Waals surface area contributed by atoms with Crippen LogP contribution in [-0.4, -0.2) is 153 Å². The van der Waals surface area contributed by atoms with Gasteiger partial charge in [-0.3, -0.25) is 91.6 Å². The molecule has 102 heavy (non-hydrogen) atoms. The number of H-pyrrole nitrogens is 4. The number of hydrogen-bond acceptors (Lipinski definition) is 18. The maximum absolute atomic E-state index is 15.5. The highest BCUT2D eigenvalue weighted by atomic mass is 19.1. The molecule has 0 radical (unpaired) electrons. The van der Waals surface area contributed by atoms with Crippen LogP contribution in [0.3, 0.4) is 0 Å². The van der Waals surface area contributed by atoms with E-state index < -0.39 is 185 Å². The number of guanidine groups is 2. The molecule has 0 aliphatic heterocycles. The summed E-state index contributed by atoms with van der Waals surface area (Å²) in [5, 5.41) is 36.3. The minimum absolute atomic E-state index is 0.00332. The molecule has 38 nitrogen and oxygen atoms in total. The topological polar surface area (TPSA) is 590 Å². The molecule has 0 saturated heterocycles. The van der Waals surface area contributed by atoms with Crippen LogP contribution in [0, 0.1) is 16.6 Å². The Bertz CT molecular complexity index is 5080. The number of benzene rings is 4. The average molecular weight is 1410 g/mol. The number of aromatic nitrogens is 8. The van der Waals surface area contributed by atoms with Crippen LogP contribution in [0.15, 0.2) is 148 Å². The summed E-state index contributed by atoms with van der Waals surface area (Å²) in [5.41, 5.74) is 8.09. The number of primary amides is 1. The molecular formula is C63H71FN22O16. The van der Waals surface area contributed by atoms with Crippen molar-refractivity contribution in [2.45, 2.75) is 107 Å². The summed E-state index contributed by atoms with van der Waals surface area (Å²) in [7, 11) is 0. The Kier molecular flexibility index (Phi) is 24.6. The summed E-state index contributed by atoms with van der Waals surface area (Å²) in [5.74, 6) is -11.5. The molecule has 0 bridgehead atoms. The van der Waals surface area contributed by atoms with Gasteiger partial charge in [0.15, 0.2) is 11.9 Å². The van der Waals surface area contributed by atoms with Gasteiger partial charge < -0.3 is 80.0 Å². The van der Waals surface area contributed by atoms with Crippen LogP contribution in [0.5, 0.6) is 0 Å². The molecule has 0 unspecified atom stereocenters. The number of carbonyl (C=O) groups is 8. The van der Waals surface area contributed by atoms with Crippen molar-refractivity contribution in [3.63, 3.8) is 0 Å². The monoisotopic (exact) mass is 1410 g/mol. The largest absolute Gasteiger partial charge is 0.370 e. The van der Waals surface area contributed by atoms with Crippen molar-refractivity contribution >= 4 is 91.9 Å². The maximum Gasteiger partial charge on any atom is 0.328 e. The fraction of sp³-hybridized carbons (Fsp3) is 0.302. The van der Waals surface area contributed by atoms with Gasteiger partial charge in [0, 0.05) is 38.7 Å². The number of rotatable bonds is 32. The van der Waals surface area contributed by atoms with Gasteiger partial charge in [-0.1, -0.05) is 48.5 Å². The Morgan fingerprint density at radius 2 is 0.784 bits per heavy atom. The second kappa shape index (κ2) is 33.7. The normalized spacial score (nSPS) is 13.2. The van der Waals surface area contributed by atoms with E-state index in [0.717, 1.165) is 35.9 Å². The summed E-state index contributed by atoms with van der Waals surface area (Å²) in [6.07, 6.45) is 0.115. The second-order valence-corrected chi connectivity index (χ2v) is 23.3. The van der Waals surface area contributed by atoms with Crippen molar-refractivity contribution in [1.29, 1.82) is 10.8 Å². The zero-order chi connectivity index (χ0) is 74.1. The molecule has 0 fully saturated rings. The lowest BCUT2D eigenvalue weighted by Crippen LogP contribution is -2.63. The number of carbonyl (C=O) groups excluding carboxylic acids is 8. The summed E-state index contributed by atoms with van der Waals surface area (Å²) in [6.45, 7) is -3.08. The SMILES string of the molecule is CC(=O)N[C@@H](CCCNC(=N)N)C(=O)N[C@H](Cn1ccc(=O)[nH]c1=O)C(=O)N[C@@H](Cc1ccc(F)cc1)C(=O)N[C@H](Cn1c(=O)[nH]c2ccccc2c1=O)C(=O)N[C@H](Cn1c(=O)[nH]c2ccccc2c1=O)C(=O)N[C@H](Cn1c(=O)[nH]c2ccccc2c1=O)C(=O)N[C@@H](CCCNC(=N)N)C(N)=O. The molecule has 4 aromatic heterocycles. The van der Waals surface area contributed by atoms with Gasteiger partial charge >= 0.3 is 22.8 Å². The molecule has 0 aliphatic rings. The Morgan fingerprint density at radius 1 is 0.431 bits per heavy atom. The zero-order valence-electron chi connectivity index (χ0n) is 54.1. The molecule has 0 saturated carbocycles. The van der Waals surface area contributed by atoms with E-state index in [9.17, 15) is 66.7 Å². The Balaban J connectivity index is 1.22. The fourth-order valence-electron chi connectivity index (χ4n) is 10.8. The first-order valence-corrected chi connectivity index (χ1v) is 31.3. The van der Waals surface area contributed by atoms with E-state index in [0.29, 0.717) is 13.7 Å². The third-order valence-electron chi connectivity index (χ3n) is 15.9. The lowest BCUT2D eigenvalue weighted by molar-refractivity contribution is -0.136. The van der Waals surface area contributed by atoms with E-state index in [2.05, 4.69) is 62.8 Å². The lowest BCUT2D eigenvalue weighted by atomic mass is 10.0. The van der Waals surface area contributed by atoms with Crippen molar-refractivity contribution in [3.05, 3.63) is 204 Å². The number of fused-ring (bicyclic) bond motifs is 3. The number of nitrogens with zero attached hydrogens (tertiary/aromatic N) is 4. The summed E-state index contributed by atoms with van der Waals surface area (Å²) < 4.78 is 16.8. The van der Waals surface area contributed by atoms with Crippen molar-refractivity contribution in [2.75, 3.05) is 13.1 Å². The van der Waals surface area contributed by atoms with Gasteiger partial charge in [-0.05, 0) is 79.8 Å². The molecule has 8 amide bonds. The molecule has 8 aromatic rings. The predicted octanol–water partition coefficient (Wildman–Crippen LogP) is -6.55. The van der Waals surface area contributed by atoms with Gasteiger partial charge in [0.25, 0.3) is 22.2 Å². The maximum atomic E-state index is 15.5. The van der Waals surface area contributed by atoms with Gasteiger partial charge in [0.05, 0.1) is 58.9 Å². The molecule has 39 heteroatoms. The first-order chi connectivity index (χ1) is 48.5. The van der Waals surface area contributed by atoms with Gasteiger partial charge in [-0.2, -0.15) is 0 Å². The molecule has 0 spiro atoms. The molecule has 536 valence electrons. The Labute approximate surface area is 571 Å². The van der Waals surface area contributed by atoms with Crippen LogP contribution in [0.25, 0.3) is 32.7 Å². The summed E-state index contributed by atoms with van der Waals surface area (Å²) in [6, 6.07) is 8.44. The molecule has 7 atom stereocenters. The van der Waals surface area contributed by atoms with Crippen LogP contribution < -0.4 is 110 Å². The molecule has 8 rings (SSSR count). The minimum atomic E-state index is -2.34. The van der Waals surface area contributed by atoms with Crippen LogP contribution in [0.2, 0.25) is 0 Å². The van der Waals surface area contributed by atoms with E-state index in [1.807, 2.05) is 4.98 Å². The molecule has 0 aliphatic carbocycles. The van der Waals surface area contributed by atoms with E-state index in [-0.39, 0.29) is 77.0 Å². The van der Waals surface area contributed by atoms with Crippen molar-refractivity contribution in [1.82, 2.24) is 86.1 Å². The third-order valence-corrected chi connectivity index (χ3v) is 15.9. The number of aromatic amines is 4. The van der Waals surface area contributed by atoms with Crippen molar-refractivity contribution < 1.29 is 42.7 Å². The summed E-state index contributed by atoms with van der Waals surface area (Å²) in [4.78, 5) is 234. The Morgan fingerprint density at radius 3 is 1.17 bits per heavy atom. The fourth-order valence-corrected chi connectivity index (χ4v) is 10.8. The average Bonchev–Trinajstić information content (AvgIpc) is 0.817. The number of nitrogens with two attached hydrogens (primary N) is 3. The van der Waals surface area contributed by atoms with E-state index in [1.165, 1.54) is 84.9 Å². The molecule has 4 heterocycles. The highest BCUT2D eigenvalue weighted by Crippen LogP contribution is 2.12. The van der Waals surface area contributed by atoms with E-state index in [1.54, 1.807) is 0 Å². The number of hydrogen-bond donors (Lipinski definition) is 18. The van der Waals surface area contributed by atoms with Gasteiger partial charge in [-0.25, -0.2) is 23.6 Å². The van der Waals surface area contributed by atoms with Gasteiger partial charge in [0.2, 0.25) is 47.3 Å². The number of amides is 8. The van der Waals surface area contributed by atoms with Gasteiger partial charge in [0.1, 0.15) is 48.1 Å².